The Kier molecular flexibility index (Phi) is 8.64. The Bertz CT molecular complexity index is 3520. The van der Waals surface area contributed by atoms with Gasteiger partial charge < -0.3 is 9.47 Å². The van der Waals surface area contributed by atoms with Crippen molar-refractivity contribution in [2.24, 2.45) is 0 Å². The molecule has 0 N–H and O–H groups in total. The third-order valence-electron chi connectivity index (χ3n) is 13.3. The molecule has 65 heavy (non-hydrogen) atoms. The van der Waals surface area contributed by atoms with Gasteiger partial charge in [0.25, 0.3) is 0 Å². The molecule has 8 heteroatoms. The minimum atomic E-state index is -1.81. The van der Waals surface area contributed by atoms with Crippen LogP contribution in [0, 0.1) is 41.5 Å². The topological polar surface area (TPSA) is 76.8 Å². The monoisotopic (exact) mass is 860 g/mol. The molecule has 0 amide bonds. The molecule has 2 aliphatic heterocycles. The second-order valence-corrected chi connectivity index (χ2v) is 20.5. The molecule has 10 aromatic rings. The Morgan fingerprint density at radius 2 is 0.815 bits per heavy atom. The number of nitrogens with zero attached hydrogens (tertiary/aromatic N) is 6. The van der Waals surface area contributed by atoms with E-state index in [-0.39, 0.29) is 5.43 Å². The highest BCUT2D eigenvalue weighted by atomic mass is 32.3. The van der Waals surface area contributed by atoms with E-state index in [2.05, 4.69) is 160 Å². The largest absolute Gasteiger partial charge is 0.309 e. The average molecular weight is 861 g/mol. The molecule has 314 valence electrons. The summed E-state index contributed by atoms with van der Waals surface area (Å²) in [5, 5.41) is 20.3. The smallest absolute Gasteiger partial charge is 0.204 e. The number of aryl methyl sites for hydroxylation is 6. The molecule has 12 rings (SSSR count). The van der Waals surface area contributed by atoms with Crippen molar-refractivity contribution in [3.8, 4) is 39.6 Å². The van der Waals surface area contributed by atoms with E-state index in [4.69, 9.17) is 20.4 Å². The zero-order valence-electron chi connectivity index (χ0n) is 37.0. The van der Waals surface area contributed by atoms with E-state index in [0.717, 1.165) is 55.8 Å². The molecule has 0 saturated heterocycles. The molecule has 0 bridgehead atoms. The van der Waals surface area contributed by atoms with Gasteiger partial charge in [0.1, 0.15) is 0 Å². The van der Waals surface area contributed by atoms with Crippen LogP contribution in [0.15, 0.2) is 182 Å². The van der Waals surface area contributed by atoms with Gasteiger partial charge in [0.05, 0.1) is 22.4 Å². The van der Waals surface area contributed by atoms with E-state index in [0.29, 0.717) is 22.4 Å². The average Bonchev–Trinajstić information content (AvgIpc) is 3.58. The molecule has 0 fully saturated rings. The molecule has 7 nitrogen and oxygen atoms in total. The van der Waals surface area contributed by atoms with E-state index >= 15 is 0 Å². The van der Waals surface area contributed by atoms with Gasteiger partial charge >= 0.3 is 0 Å². The molecule has 0 unspecified atom stereocenters. The van der Waals surface area contributed by atoms with Crippen molar-refractivity contribution in [1.82, 2.24) is 25.0 Å². The van der Waals surface area contributed by atoms with Crippen LogP contribution in [0.5, 0.6) is 0 Å². The zero-order chi connectivity index (χ0) is 44.3. The van der Waals surface area contributed by atoms with Gasteiger partial charge in [0, 0.05) is 52.9 Å². The van der Waals surface area contributed by atoms with Crippen LogP contribution in [0.25, 0.3) is 61.4 Å². The first-order chi connectivity index (χ1) is 31.6. The van der Waals surface area contributed by atoms with Crippen molar-refractivity contribution in [2.75, 3.05) is 4.90 Å². The Labute approximate surface area is 379 Å². The molecule has 1 spiro atoms. The summed E-state index contributed by atoms with van der Waals surface area (Å²) in [6.07, 6.45) is 0. The molecule has 8 aromatic carbocycles. The fraction of sp³-hybridized carbons (Fsp3) is 0.105. The van der Waals surface area contributed by atoms with Gasteiger partial charge in [-0.1, -0.05) is 83.9 Å². The minimum Gasteiger partial charge on any atom is -0.309 e. The van der Waals surface area contributed by atoms with Crippen molar-refractivity contribution in [1.29, 1.82) is 0 Å². The highest BCUT2D eigenvalue weighted by Crippen LogP contribution is 2.84. The Morgan fingerprint density at radius 1 is 0.415 bits per heavy atom. The van der Waals surface area contributed by atoms with Gasteiger partial charge in [-0.3, -0.25) is 4.79 Å². The number of para-hydroxylation sites is 4. The van der Waals surface area contributed by atoms with Crippen LogP contribution in [-0.4, -0.2) is 25.0 Å². The quantitative estimate of drug-likeness (QED) is 0.164. The van der Waals surface area contributed by atoms with E-state index < -0.39 is 10.0 Å². The first-order valence-corrected chi connectivity index (χ1v) is 23.6. The third-order valence-corrected chi connectivity index (χ3v) is 17.4. The molecule has 2 aliphatic rings. The van der Waals surface area contributed by atoms with Gasteiger partial charge in [0.2, 0.25) is 11.6 Å². The first kappa shape index (κ1) is 39.0. The van der Waals surface area contributed by atoms with Crippen LogP contribution < -0.4 is 10.3 Å². The van der Waals surface area contributed by atoms with Crippen molar-refractivity contribution in [2.45, 2.75) is 61.1 Å². The predicted octanol–water partition coefficient (Wildman–Crippen LogP) is 14.0. The van der Waals surface area contributed by atoms with Gasteiger partial charge in [-0.05, 0) is 160 Å². The Balaban J connectivity index is 0.935. The standard InChI is InChI=1S/C57H44N6OS/c1-33-23-25-49-43(27-33)44-28-34(2)24-26-50(44)65(49)51-21-13-11-19-47(51)63(48-20-12-14-22-52(48)65)40-31-37(5)54(38(6)32-40)57-60-58-56(59-61-57)53-35(3)29-39(30-36(53)4)62-45-17-9-7-15-41(45)55(64)42-16-8-10-18-46(42)62/h7-32H,1-6H3. The molecule has 0 radical (unpaired) electrons. The number of hydrogen-bond donors (Lipinski definition) is 0. The van der Waals surface area contributed by atoms with E-state index in [1.165, 1.54) is 53.2 Å². The van der Waals surface area contributed by atoms with Crippen molar-refractivity contribution >= 4 is 48.9 Å². The van der Waals surface area contributed by atoms with Gasteiger partial charge in [0.15, 0.2) is 5.43 Å². The fourth-order valence-corrected chi connectivity index (χ4v) is 15.2. The summed E-state index contributed by atoms with van der Waals surface area (Å²) in [6, 6.07) is 56.5. The highest BCUT2D eigenvalue weighted by Gasteiger charge is 2.48. The minimum absolute atomic E-state index is 0.0339. The summed E-state index contributed by atoms with van der Waals surface area (Å²) < 4.78 is 2.17. The lowest BCUT2D eigenvalue weighted by molar-refractivity contribution is 0.871. The van der Waals surface area contributed by atoms with Gasteiger partial charge in [-0.25, -0.2) is 0 Å². The fourth-order valence-electron chi connectivity index (χ4n) is 10.7. The summed E-state index contributed by atoms with van der Waals surface area (Å²) in [4.78, 5) is 21.4. The number of hydrogen-bond acceptors (Lipinski definition) is 6. The lowest BCUT2D eigenvalue weighted by Crippen LogP contribution is -2.21. The van der Waals surface area contributed by atoms with E-state index in [1.54, 1.807) is 0 Å². The number of fused-ring (bicyclic) bond motifs is 11. The first-order valence-electron chi connectivity index (χ1n) is 22.0. The molecular formula is C57H44N6OS. The maximum atomic E-state index is 13.5. The molecule has 0 atom stereocenters. The molecule has 0 saturated carbocycles. The summed E-state index contributed by atoms with van der Waals surface area (Å²) in [7, 11) is -1.81. The van der Waals surface area contributed by atoms with Crippen molar-refractivity contribution in [3.63, 3.8) is 0 Å². The van der Waals surface area contributed by atoms with E-state index in [1.807, 2.05) is 48.5 Å². The summed E-state index contributed by atoms with van der Waals surface area (Å²) in [6.45, 7) is 12.8. The van der Waals surface area contributed by atoms with Gasteiger partial charge in [-0.15, -0.1) is 30.4 Å². The van der Waals surface area contributed by atoms with Crippen LogP contribution >= 0.6 is 10.0 Å². The molecular weight excluding hydrogens is 817 g/mol. The number of aromatic nitrogens is 5. The lowest BCUT2D eigenvalue weighted by Gasteiger charge is -2.48. The van der Waals surface area contributed by atoms with Crippen LogP contribution in [0.2, 0.25) is 0 Å². The molecule has 0 aliphatic carbocycles. The number of anilines is 3. The zero-order valence-corrected chi connectivity index (χ0v) is 37.8. The SMILES string of the molecule is Cc1ccc2c(c1)-c1cc(C)ccc1S21c2ccccc2N(c2cc(C)c(-c3nnc(-c4c(C)cc(-n5c6ccccc6c(=O)c6ccccc65)cc4C)nn3)c(C)c2)c2ccccc21. The summed E-state index contributed by atoms with van der Waals surface area (Å²) in [5.41, 5.74) is 17.3. The van der Waals surface area contributed by atoms with Crippen LogP contribution in [0.4, 0.5) is 17.1 Å². The second-order valence-electron chi connectivity index (χ2n) is 17.5. The Morgan fingerprint density at radius 3 is 1.28 bits per heavy atom. The Hall–Kier alpha value is -7.68. The number of rotatable bonds is 4. The predicted molar refractivity (Wildman–Crippen MR) is 265 cm³/mol. The summed E-state index contributed by atoms with van der Waals surface area (Å²) >= 11 is 0. The number of benzene rings is 8. The molecule has 2 aromatic heterocycles. The normalized spacial score (nSPS) is 13.7. The van der Waals surface area contributed by atoms with Gasteiger partial charge in [-0.2, -0.15) is 0 Å². The van der Waals surface area contributed by atoms with Crippen molar-refractivity contribution < 1.29 is 0 Å². The maximum absolute atomic E-state index is 13.5. The second kappa shape index (κ2) is 14.4. The maximum Gasteiger partial charge on any atom is 0.204 e. The van der Waals surface area contributed by atoms with Crippen LogP contribution in [0.1, 0.15) is 33.4 Å². The molecule has 4 heterocycles. The number of pyridine rings is 1. The van der Waals surface area contributed by atoms with Crippen molar-refractivity contribution in [3.05, 3.63) is 201 Å². The summed E-state index contributed by atoms with van der Waals surface area (Å²) in [5.74, 6) is 0.955. The van der Waals surface area contributed by atoms with Crippen LogP contribution in [0.3, 0.4) is 0 Å². The highest BCUT2D eigenvalue weighted by molar-refractivity contribution is 8.34. The van der Waals surface area contributed by atoms with Crippen LogP contribution in [-0.2, 0) is 0 Å². The van der Waals surface area contributed by atoms with E-state index in [9.17, 15) is 4.79 Å². The third kappa shape index (κ3) is 5.60. The lowest BCUT2D eigenvalue weighted by atomic mass is 9.99.